The molecule has 0 radical (unpaired) electrons. The fourth-order valence-corrected chi connectivity index (χ4v) is 0.868. The van der Waals surface area contributed by atoms with E-state index in [-0.39, 0.29) is 11.9 Å². The molecule has 0 aliphatic heterocycles. The number of hydrogen-bond donors (Lipinski definition) is 0. The smallest absolute Gasteiger partial charge is 0.160 e. The Bertz CT molecular complexity index is 141. The molecule has 0 saturated carbocycles. The SMILES string of the molecule is C=CCCCOC(C)C(=O)CC. The van der Waals surface area contributed by atoms with E-state index in [0.29, 0.717) is 13.0 Å². The Balaban J connectivity index is 3.36. The predicted molar refractivity (Wildman–Crippen MR) is 50.1 cm³/mol. The van der Waals surface area contributed by atoms with Crippen LogP contribution in [0.1, 0.15) is 33.1 Å². The first kappa shape index (κ1) is 11.4. The second-order valence-corrected chi connectivity index (χ2v) is 2.76. The number of hydrogen-bond acceptors (Lipinski definition) is 2. The molecule has 0 aromatic carbocycles. The fraction of sp³-hybridized carbons (Fsp3) is 0.700. The van der Waals surface area contributed by atoms with Crippen molar-refractivity contribution in [3.05, 3.63) is 12.7 Å². The van der Waals surface area contributed by atoms with E-state index in [1.807, 2.05) is 13.0 Å². The summed E-state index contributed by atoms with van der Waals surface area (Å²) in [5, 5.41) is 0. The maximum Gasteiger partial charge on any atom is 0.160 e. The Morgan fingerprint density at radius 1 is 1.67 bits per heavy atom. The molecule has 70 valence electrons. The van der Waals surface area contributed by atoms with Crippen LogP contribution in [0.3, 0.4) is 0 Å². The summed E-state index contributed by atoms with van der Waals surface area (Å²) in [6.07, 6.45) is 4.08. The maximum atomic E-state index is 11.0. The van der Waals surface area contributed by atoms with Crippen molar-refractivity contribution in [2.75, 3.05) is 6.61 Å². The maximum absolute atomic E-state index is 11.0. The third-order valence-electron chi connectivity index (χ3n) is 1.72. The highest BCUT2D eigenvalue weighted by atomic mass is 16.5. The van der Waals surface area contributed by atoms with E-state index in [0.717, 1.165) is 12.8 Å². The van der Waals surface area contributed by atoms with Crippen LogP contribution in [0.4, 0.5) is 0 Å². The molecule has 0 aromatic rings. The minimum absolute atomic E-state index is 0.175. The number of carbonyl (C=O) groups excluding carboxylic acids is 1. The third kappa shape index (κ3) is 5.08. The van der Waals surface area contributed by atoms with Crippen molar-refractivity contribution in [3.8, 4) is 0 Å². The van der Waals surface area contributed by atoms with E-state index in [1.165, 1.54) is 0 Å². The number of rotatable bonds is 7. The van der Waals surface area contributed by atoms with E-state index in [4.69, 9.17) is 4.74 Å². The van der Waals surface area contributed by atoms with Gasteiger partial charge in [0, 0.05) is 13.0 Å². The second kappa shape index (κ2) is 7.04. The van der Waals surface area contributed by atoms with Gasteiger partial charge in [0.2, 0.25) is 0 Å². The average molecular weight is 170 g/mol. The topological polar surface area (TPSA) is 26.3 Å². The lowest BCUT2D eigenvalue weighted by atomic mass is 10.2. The Kier molecular flexibility index (Phi) is 6.67. The number of allylic oxidation sites excluding steroid dienone is 1. The molecule has 1 unspecified atom stereocenters. The summed E-state index contributed by atoms with van der Waals surface area (Å²) in [7, 11) is 0. The molecule has 0 spiro atoms. The van der Waals surface area contributed by atoms with Crippen LogP contribution in [0.2, 0.25) is 0 Å². The highest BCUT2D eigenvalue weighted by molar-refractivity contribution is 5.82. The van der Waals surface area contributed by atoms with Crippen molar-refractivity contribution in [2.45, 2.75) is 39.2 Å². The van der Waals surface area contributed by atoms with Gasteiger partial charge in [0.25, 0.3) is 0 Å². The van der Waals surface area contributed by atoms with Gasteiger partial charge in [-0.15, -0.1) is 6.58 Å². The summed E-state index contributed by atoms with van der Waals surface area (Å²) in [4.78, 5) is 11.0. The Morgan fingerprint density at radius 2 is 2.33 bits per heavy atom. The monoisotopic (exact) mass is 170 g/mol. The van der Waals surface area contributed by atoms with Gasteiger partial charge in [0.05, 0.1) is 0 Å². The zero-order valence-corrected chi connectivity index (χ0v) is 8.01. The summed E-state index contributed by atoms with van der Waals surface area (Å²) in [6, 6.07) is 0. The van der Waals surface area contributed by atoms with Gasteiger partial charge in [-0.05, 0) is 19.8 Å². The molecule has 0 aromatic heterocycles. The molecule has 0 fully saturated rings. The number of carbonyl (C=O) groups is 1. The summed E-state index contributed by atoms with van der Waals surface area (Å²) in [6.45, 7) is 7.92. The summed E-state index contributed by atoms with van der Waals surface area (Å²) in [5.74, 6) is 0.175. The van der Waals surface area contributed by atoms with Gasteiger partial charge in [0.1, 0.15) is 6.10 Å². The van der Waals surface area contributed by atoms with Crippen LogP contribution in [0.5, 0.6) is 0 Å². The first-order chi connectivity index (χ1) is 5.72. The van der Waals surface area contributed by atoms with Crippen molar-refractivity contribution in [3.63, 3.8) is 0 Å². The zero-order valence-electron chi connectivity index (χ0n) is 8.01. The molecule has 12 heavy (non-hydrogen) atoms. The molecule has 0 aliphatic rings. The van der Waals surface area contributed by atoms with Crippen LogP contribution in [0, 0.1) is 0 Å². The molecule has 0 rings (SSSR count). The van der Waals surface area contributed by atoms with E-state index in [9.17, 15) is 4.79 Å². The molecule has 0 amide bonds. The molecule has 0 saturated heterocycles. The Morgan fingerprint density at radius 3 is 2.83 bits per heavy atom. The molecule has 0 heterocycles. The van der Waals surface area contributed by atoms with Crippen LogP contribution >= 0.6 is 0 Å². The molecule has 0 bridgehead atoms. The Labute approximate surface area is 74.6 Å². The van der Waals surface area contributed by atoms with E-state index in [2.05, 4.69) is 6.58 Å². The molecule has 0 N–H and O–H groups in total. The normalized spacial score (nSPS) is 12.5. The van der Waals surface area contributed by atoms with Crippen molar-refractivity contribution in [1.29, 1.82) is 0 Å². The highest BCUT2D eigenvalue weighted by Crippen LogP contribution is 1.99. The summed E-state index contributed by atoms with van der Waals surface area (Å²) in [5.41, 5.74) is 0. The van der Waals surface area contributed by atoms with Gasteiger partial charge in [-0.3, -0.25) is 4.79 Å². The van der Waals surface area contributed by atoms with Crippen molar-refractivity contribution in [1.82, 2.24) is 0 Å². The standard InChI is InChI=1S/C10H18O2/c1-4-6-7-8-12-9(3)10(11)5-2/h4,9H,1,5-8H2,2-3H3. The number of ether oxygens (including phenoxy) is 1. The molecule has 0 aliphatic carbocycles. The predicted octanol–water partition coefficient (Wildman–Crippen LogP) is 2.34. The highest BCUT2D eigenvalue weighted by Gasteiger charge is 2.09. The van der Waals surface area contributed by atoms with Gasteiger partial charge >= 0.3 is 0 Å². The van der Waals surface area contributed by atoms with E-state index in [1.54, 1.807) is 6.92 Å². The number of Topliss-reactive ketones (excluding diaryl/α,β-unsaturated/α-hetero) is 1. The van der Waals surface area contributed by atoms with Crippen molar-refractivity contribution >= 4 is 5.78 Å². The number of unbranched alkanes of at least 4 members (excludes halogenated alkanes) is 1. The minimum Gasteiger partial charge on any atom is -0.371 e. The number of ketones is 1. The van der Waals surface area contributed by atoms with Gasteiger partial charge < -0.3 is 4.74 Å². The molecule has 2 heteroatoms. The quantitative estimate of drug-likeness (QED) is 0.433. The second-order valence-electron chi connectivity index (χ2n) is 2.76. The molecular weight excluding hydrogens is 152 g/mol. The first-order valence-corrected chi connectivity index (χ1v) is 4.47. The molecule has 2 nitrogen and oxygen atoms in total. The lowest BCUT2D eigenvalue weighted by molar-refractivity contribution is -0.129. The summed E-state index contributed by atoms with van der Waals surface area (Å²) >= 11 is 0. The van der Waals surface area contributed by atoms with Crippen LogP contribution in [0.15, 0.2) is 12.7 Å². The molecule has 1 atom stereocenters. The van der Waals surface area contributed by atoms with Crippen molar-refractivity contribution in [2.24, 2.45) is 0 Å². The van der Waals surface area contributed by atoms with Crippen LogP contribution < -0.4 is 0 Å². The van der Waals surface area contributed by atoms with Gasteiger partial charge in [-0.25, -0.2) is 0 Å². The van der Waals surface area contributed by atoms with Crippen molar-refractivity contribution < 1.29 is 9.53 Å². The lowest BCUT2D eigenvalue weighted by Crippen LogP contribution is -2.20. The molecular formula is C10H18O2. The van der Waals surface area contributed by atoms with Gasteiger partial charge in [-0.2, -0.15) is 0 Å². The van der Waals surface area contributed by atoms with Crippen LogP contribution in [0.25, 0.3) is 0 Å². The lowest BCUT2D eigenvalue weighted by Gasteiger charge is -2.09. The zero-order chi connectivity index (χ0) is 9.40. The largest absolute Gasteiger partial charge is 0.371 e. The van der Waals surface area contributed by atoms with E-state index < -0.39 is 0 Å². The van der Waals surface area contributed by atoms with Crippen LogP contribution in [-0.4, -0.2) is 18.5 Å². The fourth-order valence-electron chi connectivity index (χ4n) is 0.868. The van der Waals surface area contributed by atoms with Gasteiger partial charge in [0.15, 0.2) is 5.78 Å². The minimum atomic E-state index is -0.236. The van der Waals surface area contributed by atoms with E-state index >= 15 is 0 Å². The first-order valence-electron chi connectivity index (χ1n) is 4.47. The summed E-state index contributed by atoms with van der Waals surface area (Å²) < 4.78 is 5.30. The third-order valence-corrected chi connectivity index (χ3v) is 1.72. The Hall–Kier alpha value is -0.630. The van der Waals surface area contributed by atoms with Crippen LogP contribution in [-0.2, 0) is 9.53 Å². The average Bonchev–Trinajstić information content (AvgIpc) is 2.10. The van der Waals surface area contributed by atoms with Gasteiger partial charge in [-0.1, -0.05) is 13.0 Å².